The van der Waals surface area contributed by atoms with Crippen molar-refractivity contribution < 1.29 is 9.59 Å². The van der Waals surface area contributed by atoms with Crippen molar-refractivity contribution in [1.29, 1.82) is 0 Å². The standard InChI is InChI=1S/C2AsN2O2/c6-1-4-3-5-2-7. The topological polar surface area (TPSA) is 58.9 Å². The Labute approximate surface area is 46.5 Å². The summed E-state index contributed by atoms with van der Waals surface area (Å²) >= 11 is -0.852. The predicted octanol–water partition coefficient (Wildman–Crippen LogP) is -0.808. The van der Waals surface area contributed by atoms with Crippen LogP contribution in [-0.2, 0) is 9.59 Å². The Balaban J connectivity index is 3.33. The summed E-state index contributed by atoms with van der Waals surface area (Å²) in [6.45, 7) is 0. The molecule has 0 amide bonds. The molecular formula is C2AsN2O2. The third-order valence-electron chi connectivity index (χ3n) is 0.171. The van der Waals surface area contributed by atoms with Gasteiger partial charge in [-0.1, -0.05) is 0 Å². The van der Waals surface area contributed by atoms with Crippen LogP contribution < -0.4 is 0 Å². The van der Waals surface area contributed by atoms with Gasteiger partial charge in [0.15, 0.2) is 0 Å². The third-order valence-corrected chi connectivity index (χ3v) is 0.889. The molecule has 0 heterocycles. The van der Waals surface area contributed by atoms with E-state index in [9.17, 15) is 9.59 Å². The van der Waals surface area contributed by atoms with Crippen molar-refractivity contribution in [2.24, 2.45) is 7.82 Å². The summed E-state index contributed by atoms with van der Waals surface area (Å²) in [7, 11) is 0. The van der Waals surface area contributed by atoms with Gasteiger partial charge in [0.1, 0.15) is 0 Å². The molecule has 5 heteroatoms. The first kappa shape index (κ1) is 6.32. The van der Waals surface area contributed by atoms with Gasteiger partial charge in [0.05, 0.1) is 0 Å². The third kappa shape index (κ3) is 5.32. The molecule has 0 bridgehead atoms. The van der Waals surface area contributed by atoms with Crippen molar-refractivity contribution in [3.05, 3.63) is 0 Å². The van der Waals surface area contributed by atoms with Crippen LogP contribution in [0.1, 0.15) is 0 Å². The van der Waals surface area contributed by atoms with Crippen molar-refractivity contribution in [3.63, 3.8) is 0 Å². The summed E-state index contributed by atoms with van der Waals surface area (Å²) in [6, 6.07) is 0. The molecule has 35 valence electrons. The quantitative estimate of drug-likeness (QED) is 0.300. The van der Waals surface area contributed by atoms with E-state index in [1.165, 1.54) is 12.2 Å². The fourth-order valence-electron chi connectivity index (χ4n) is 0.0589. The Hall–Kier alpha value is -0.682. The second-order valence-corrected chi connectivity index (χ2v) is 1.69. The van der Waals surface area contributed by atoms with Gasteiger partial charge in [0.25, 0.3) is 0 Å². The van der Waals surface area contributed by atoms with Gasteiger partial charge in [0.2, 0.25) is 0 Å². The van der Waals surface area contributed by atoms with Gasteiger partial charge in [-0.3, -0.25) is 0 Å². The number of isocyanates is 2. The molecule has 0 fully saturated rings. The summed E-state index contributed by atoms with van der Waals surface area (Å²) in [4.78, 5) is 18.4. The average molecular weight is 159 g/mol. The van der Waals surface area contributed by atoms with Crippen molar-refractivity contribution in [1.82, 2.24) is 0 Å². The molecule has 0 saturated heterocycles. The molecule has 0 atom stereocenters. The first-order valence-electron chi connectivity index (χ1n) is 1.26. The summed E-state index contributed by atoms with van der Waals surface area (Å²) in [5.74, 6) is 0. The maximum atomic E-state index is 9.22. The molecule has 0 unspecified atom stereocenters. The van der Waals surface area contributed by atoms with Crippen molar-refractivity contribution in [2.45, 2.75) is 0 Å². The summed E-state index contributed by atoms with van der Waals surface area (Å²) < 4.78 is 6.04. The molecule has 7 heavy (non-hydrogen) atoms. The van der Waals surface area contributed by atoms with E-state index in [4.69, 9.17) is 0 Å². The van der Waals surface area contributed by atoms with E-state index in [0.717, 1.165) is 0 Å². The van der Waals surface area contributed by atoms with Crippen molar-refractivity contribution in [3.8, 4) is 0 Å². The van der Waals surface area contributed by atoms with E-state index in [1.54, 1.807) is 0 Å². The molecule has 0 aromatic carbocycles. The zero-order chi connectivity index (χ0) is 5.54. The Kier molecular flexibility index (Phi) is 4.80. The SMILES string of the molecule is O=C=N[As]N=C=O. The van der Waals surface area contributed by atoms with Crippen LogP contribution in [0.25, 0.3) is 0 Å². The molecule has 1 radical (unpaired) electrons. The van der Waals surface area contributed by atoms with Crippen LogP contribution in [0, 0.1) is 0 Å². The van der Waals surface area contributed by atoms with E-state index >= 15 is 0 Å². The molecule has 0 aromatic heterocycles. The summed E-state index contributed by atoms with van der Waals surface area (Å²) in [6.07, 6.45) is 2.49. The Morgan fingerprint density at radius 1 is 1.14 bits per heavy atom. The Bertz CT molecular complexity index is 117. The maximum absolute atomic E-state index is 9.22. The van der Waals surface area contributed by atoms with Crippen LogP contribution in [0.5, 0.6) is 0 Å². The second kappa shape index (κ2) is 5.32. The Morgan fingerprint density at radius 3 is 1.86 bits per heavy atom. The summed E-state index contributed by atoms with van der Waals surface area (Å²) in [5.41, 5.74) is 0. The zero-order valence-corrected chi connectivity index (χ0v) is 5.03. The van der Waals surface area contributed by atoms with E-state index in [0.29, 0.717) is 0 Å². The minimum atomic E-state index is -0.852. The molecule has 0 rings (SSSR count). The number of nitrogens with zero attached hydrogens (tertiary/aromatic N) is 2. The molecule has 0 aliphatic heterocycles. The van der Waals surface area contributed by atoms with Gasteiger partial charge >= 0.3 is 45.8 Å². The average Bonchev–Trinajstić information content (AvgIpc) is 1.69. The van der Waals surface area contributed by atoms with E-state index in [1.807, 2.05) is 0 Å². The Morgan fingerprint density at radius 2 is 1.57 bits per heavy atom. The van der Waals surface area contributed by atoms with Gasteiger partial charge in [-0.25, -0.2) is 0 Å². The predicted molar refractivity (Wildman–Crippen MR) is 22.0 cm³/mol. The van der Waals surface area contributed by atoms with Gasteiger partial charge in [-0.05, 0) is 0 Å². The fraction of sp³-hybridized carbons (Fsp3) is 0. The zero-order valence-electron chi connectivity index (χ0n) is 3.16. The van der Waals surface area contributed by atoms with Crippen LogP contribution >= 0.6 is 0 Å². The van der Waals surface area contributed by atoms with Crippen molar-refractivity contribution >= 4 is 28.4 Å². The van der Waals surface area contributed by atoms with E-state index < -0.39 is 16.2 Å². The number of hydrogen-bond donors (Lipinski definition) is 0. The number of hydrogen-bond acceptors (Lipinski definition) is 4. The molecule has 0 aliphatic carbocycles. The van der Waals surface area contributed by atoms with Crippen molar-refractivity contribution in [2.75, 3.05) is 0 Å². The van der Waals surface area contributed by atoms with Crippen LogP contribution in [0.15, 0.2) is 7.82 Å². The van der Waals surface area contributed by atoms with Gasteiger partial charge < -0.3 is 0 Å². The first-order chi connectivity index (χ1) is 3.41. The van der Waals surface area contributed by atoms with E-state index in [-0.39, 0.29) is 0 Å². The molecule has 0 aliphatic rings. The molecule has 0 N–H and O–H groups in total. The number of rotatable bonds is 2. The van der Waals surface area contributed by atoms with Gasteiger partial charge in [-0.15, -0.1) is 0 Å². The van der Waals surface area contributed by atoms with E-state index in [2.05, 4.69) is 7.82 Å². The number of carbonyl (C=O) groups excluding carboxylic acids is 2. The molecular weight excluding hydrogens is 159 g/mol. The van der Waals surface area contributed by atoms with Gasteiger partial charge in [0, 0.05) is 0 Å². The monoisotopic (exact) mass is 159 g/mol. The van der Waals surface area contributed by atoms with Crippen LogP contribution in [-0.4, -0.2) is 28.4 Å². The molecule has 0 spiro atoms. The van der Waals surface area contributed by atoms with Crippen LogP contribution in [0.4, 0.5) is 0 Å². The normalized spacial score (nSPS) is 7.43. The summed E-state index contributed by atoms with van der Waals surface area (Å²) in [5, 5.41) is 0. The van der Waals surface area contributed by atoms with Crippen LogP contribution in [0.2, 0.25) is 0 Å². The van der Waals surface area contributed by atoms with Crippen LogP contribution in [0.3, 0.4) is 0 Å². The molecule has 4 nitrogen and oxygen atoms in total. The minimum absolute atomic E-state index is 0.852. The second-order valence-electron chi connectivity index (χ2n) is 0.472. The van der Waals surface area contributed by atoms with Gasteiger partial charge in [-0.2, -0.15) is 0 Å². The molecule has 0 aromatic rings. The fourth-order valence-corrected chi connectivity index (χ4v) is 0.306. The first-order valence-corrected chi connectivity index (χ1v) is 2.93. The molecule has 0 saturated carbocycles.